The molecule has 1 aromatic heterocycles. The third-order valence-electron chi connectivity index (χ3n) is 5.17. The minimum absolute atomic E-state index is 0.665. The number of nitrogens with zero attached hydrogens (tertiary/aromatic N) is 2. The van der Waals surface area contributed by atoms with Crippen molar-refractivity contribution in [1.82, 2.24) is 15.1 Å². The van der Waals surface area contributed by atoms with Crippen LogP contribution < -0.4 is 5.32 Å². The Balaban J connectivity index is 2.05. The first kappa shape index (κ1) is 16.5. The number of hydrogen-bond donors (Lipinski definition) is 1. The van der Waals surface area contributed by atoms with Crippen LogP contribution in [0.3, 0.4) is 0 Å². The highest BCUT2D eigenvalue weighted by molar-refractivity contribution is 5.11. The van der Waals surface area contributed by atoms with E-state index < -0.39 is 0 Å². The number of hydrogen-bond acceptors (Lipinski definition) is 2. The summed E-state index contributed by atoms with van der Waals surface area (Å²) in [4.78, 5) is 0. The summed E-state index contributed by atoms with van der Waals surface area (Å²) in [5.41, 5.74) is 1.43. The second-order valence-corrected chi connectivity index (χ2v) is 7.62. The van der Waals surface area contributed by atoms with Gasteiger partial charge in [-0.05, 0) is 62.1 Å². The minimum atomic E-state index is 0.665. The van der Waals surface area contributed by atoms with Crippen LogP contribution in [0.25, 0.3) is 0 Å². The van der Waals surface area contributed by atoms with Crippen LogP contribution in [-0.4, -0.2) is 22.9 Å². The highest BCUT2D eigenvalue weighted by atomic mass is 15.3. The van der Waals surface area contributed by atoms with Crippen molar-refractivity contribution in [2.75, 3.05) is 13.1 Å². The molecule has 0 aromatic carbocycles. The van der Waals surface area contributed by atoms with Crippen LogP contribution in [0.5, 0.6) is 0 Å². The first-order valence-electron chi connectivity index (χ1n) is 8.67. The third-order valence-corrected chi connectivity index (χ3v) is 5.17. The Labute approximate surface area is 130 Å². The number of rotatable bonds is 6. The second-order valence-electron chi connectivity index (χ2n) is 7.62. The summed E-state index contributed by atoms with van der Waals surface area (Å²) in [6.45, 7) is 11.6. The van der Waals surface area contributed by atoms with E-state index in [1.54, 1.807) is 0 Å². The van der Waals surface area contributed by atoms with Crippen LogP contribution in [-0.2, 0) is 7.05 Å². The molecule has 0 spiro atoms. The predicted octanol–water partition coefficient (Wildman–Crippen LogP) is 3.82. The van der Waals surface area contributed by atoms with Gasteiger partial charge >= 0.3 is 0 Å². The van der Waals surface area contributed by atoms with E-state index in [-0.39, 0.29) is 0 Å². The summed E-state index contributed by atoms with van der Waals surface area (Å²) in [5.74, 6) is 3.82. The molecule has 120 valence electrons. The van der Waals surface area contributed by atoms with Crippen molar-refractivity contribution >= 4 is 0 Å². The van der Waals surface area contributed by atoms with Gasteiger partial charge in [-0.1, -0.05) is 27.7 Å². The standard InChI is InChI=1S/C18H33N3/c1-13(2)11-19-12-16-7-6-15(14(3)4)10-17(16)18-8-9-20-21(18)5/h8-9,13-17,19H,6-7,10-12H2,1-5H3. The van der Waals surface area contributed by atoms with Crippen molar-refractivity contribution in [2.45, 2.75) is 52.9 Å². The smallest absolute Gasteiger partial charge is 0.0492 e. The lowest BCUT2D eigenvalue weighted by atomic mass is 9.69. The van der Waals surface area contributed by atoms with E-state index in [4.69, 9.17) is 0 Å². The zero-order valence-corrected chi connectivity index (χ0v) is 14.5. The highest BCUT2D eigenvalue weighted by Crippen LogP contribution is 2.42. The summed E-state index contributed by atoms with van der Waals surface area (Å²) in [6, 6.07) is 2.23. The van der Waals surface area contributed by atoms with Gasteiger partial charge in [0, 0.05) is 24.9 Å². The molecule has 1 saturated carbocycles. The molecule has 1 N–H and O–H groups in total. The van der Waals surface area contributed by atoms with Crippen molar-refractivity contribution in [3.05, 3.63) is 18.0 Å². The Morgan fingerprint density at radius 2 is 2.05 bits per heavy atom. The molecular weight excluding hydrogens is 258 g/mol. The summed E-state index contributed by atoms with van der Waals surface area (Å²) in [7, 11) is 2.09. The van der Waals surface area contributed by atoms with E-state index in [1.807, 2.05) is 6.20 Å². The summed E-state index contributed by atoms with van der Waals surface area (Å²) in [5, 5.41) is 8.08. The number of nitrogens with one attached hydrogen (secondary N) is 1. The third kappa shape index (κ3) is 4.32. The van der Waals surface area contributed by atoms with Crippen LogP contribution in [0.15, 0.2) is 12.3 Å². The summed E-state index contributed by atoms with van der Waals surface area (Å²) >= 11 is 0. The van der Waals surface area contributed by atoms with Crippen LogP contribution in [0, 0.1) is 23.7 Å². The van der Waals surface area contributed by atoms with E-state index in [1.165, 1.54) is 25.0 Å². The fourth-order valence-corrected chi connectivity index (χ4v) is 3.78. The molecule has 0 saturated heterocycles. The second kappa shape index (κ2) is 7.44. The van der Waals surface area contributed by atoms with Gasteiger partial charge in [0.15, 0.2) is 0 Å². The highest BCUT2D eigenvalue weighted by Gasteiger charge is 2.33. The maximum atomic E-state index is 4.40. The molecule has 0 bridgehead atoms. The van der Waals surface area contributed by atoms with Gasteiger partial charge in [0.25, 0.3) is 0 Å². The van der Waals surface area contributed by atoms with Gasteiger partial charge in [-0.25, -0.2) is 0 Å². The SMILES string of the molecule is CC(C)CNCC1CCC(C(C)C)CC1c1ccnn1C. The average Bonchev–Trinajstić information content (AvgIpc) is 2.84. The summed E-state index contributed by atoms with van der Waals surface area (Å²) < 4.78 is 2.09. The van der Waals surface area contributed by atoms with Crippen molar-refractivity contribution in [3.8, 4) is 0 Å². The fraction of sp³-hybridized carbons (Fsp3) is 0.833. The van der Waals surface area contributed by atoms with Crippen LogP contribution in [0.2, 0.25) is 0 Å². The normalized spacial score (nSPS) is 26.7. The maximum absolute atomic E-state index is 4.40. The van der Waals surface area contributed by atoms with E-state index in [2.05, 4.69) is 55.9 Å². The molecule has 1 fully saturated rings. The lowest BCUT2D eigenvalue weighted by molar-refractivity contribution is 0.184. The molecule has 0 radical (unpaired) electrons. The first-order valence-corrected chi connectivity index (χ1v) is 8.67. The van der Waals surface area contributed by atoms with E-state index >= 15 is 0 Å². The zero-order chi connectivity index (χ0) is 15.4. The molecular formula is C18H33N3. The maximum Gasteiger partial charge on any atom is 0.0492 e. The van der Waals surface area contributed by atoms with Crippen molar-refractivity contribution < 1.29 is 0 Å². The lowest BCUT2D eigenvalue weighted by Gasteiger charge is -2.38. The molecule has 1 heterocycles. The molecule has 1 aliphatic carbocycles. The average molecular weight is 291 g/mol. The van der Waals surface area contributed by atoms with Crippen molar-refractivity contribution in [1.29, 1.82) is 0 Å². The molecule has 3 atom stereocenters. The van der Waals surface area contributed by atoms with E-state index in [9.17, 15) is 0 Å². The van der Waals surface area contributed by atoms with E-state index in [0.29, 0.717) is 5.92 Å². The van der Waals surface area contributed by atoms with Gasteiger partial charge in [-0.3, -0.25) is 4.68 Å². The van der Waals surface area contributed by atoms with Gasteiger partial charge < -0.3 is 5.32 Å². The molecule has 3 nitrogen and oxygen atoms in total. The Kier molecular flexibility index (Phi) is 5.86. The molecule has 1 aromatic rings. The molecule has 21 heavy (non-hydrogen) atoms. The largest absolute Gasteiger partial charge is 0.316 e. The topological polar surface area (TPSA) is 29.9 Å². The Morgan fingerprint density at radius 1 is 1.29 bits per heavy atom. The Morgan fingerprint density at radius 3 is 2.62 bits per heavy atom. The molecule has 3 heteroatoms. The first-order chi connectivity index (χ1) is 9.99. The Bertz CT molecular complexity index is 420. The monoisotopic (exact) mass is 291 g/mol. The fourth-order valence-electron chi connectivity index (χ4n) is 3.78. The van der Waals surface area contributed by atoms with Gasteiger partial charge in [-0.2, -0.15) is 5.10 Å². The molecule has 1 aliphatic rings. The van der Waals surface area contributed by atoms with E-state index in [0.717, 1.165) is 36.8 Å². The molecule has 0 amide bonds. The van der Waals surface area contributed by atoms with Crippen molar-refractivity contribution in [3.63, 3.8) is 0 Å². The van der Waals surface area contributed by atoms with Gasteiger partial charge in [0.05, 0.1) is 0 Å². The van der Waals surface area contributed by atoms with Gasteiger partial charge in [0.2, 0.25) is 0 Å². The van der Waals surface area contributed by atoms with Gasteiger partial charge in [-0.15, -0.1) is 0 Å². The number of aryl methyl sites for hydroxylation is 1. The Hall–Kier alpha value is -0.830. The zero-order valence-electron chi connectivity index (χ0n) is 14.5. The van der Waals surface area contributed by atoms with Crippen LogP contribution in [0.1, 0.15) is 58.6 Å². The summed E-state index contributed by atoms with van der Waals surface area (Å²) in [6.07, 6.45) is 6.02. The van der Waals surface area contributed by atoms with Crippen LogP contribution >= 0.6 is 0 Å². The van der Waals surface area contributed by atoms with Gasteiger partial charge in [0.1, 0.15) is 0 Å². The molecule has 0 aliphatic heterocycles. The van der Waals surface area contributed by atoms with Crippen LogP contribution in [0.4, 0.5) is 0 Å². The number of aromatic nitrogens is 2. The molecule has 2 rings (SSSR count). The quantitative estimate of drug-likeness (QED) is 0.863. The van der Waals surface area contributed by atoms with Crippen molar-refractivity contribution in [2.24, 2.45) is 30.7 Å². The lowest BCUT2D eigenvalue weighted by Crippen LogP contribution is -2.35. The molecule has 3 unspecified atom stereocenters. The predicted molar refractivity (Wildman–Crippen MR) is 89.3 cm³/mol. The minimum Gasteiger partial charge on any atom is -0.316 e.